The molecule has 0 amide bonds. The van der Waals surface area contributed by atoms with Crippen LogP contribution in [0.15, 0.2) is 23.8 Å². The maximum Gasteiger partial charge on any atom is 0.308 e. The van der Waals surface area contributed by atoms with Gasteiger partial charge in [0.05, 0.1) is 25.0 Å². The Kier molecular flexibility index (Phi) is 2.74. The molecule has 4 saturated carbocycles. The lowest BCUT2D eigenvalue weighted by Crippen LogP contribution is -2.63. The molecular formula is C32H44O7. The number of Topliss-reactive ketones (excluding diaryl/α,β-unsaturated/α-hetero) is 1. The Morgan fingerprint density at radius 2 is 2.23 bits per heavy atom. The zero-order valence-corrected chi connectivity index (χ0v) is 21.2. The van der Waals surface area contributed by atoms with Gasteiger partial charge in [-0.05, 0) is 62.4 Å². The zero-order valence-electron chi connectivity index (χ0n) is 45.2. The van der Waals surface area contributed by atoms with E-state index in [0.717, 1.165) is 6.08 Å². The van der Waals surface area contributed by atoms with Gasteiger partial charge in [-0.2, -0.15) is 0 Å². The van der Waals surface area contributed by atoms with E-state index in [1.54, 1.807) is 0 Å². The Morgan fingerprint density at radius 1 is 1.38 bits per heavy atom. The van der Waals surface area contributed by atoms with Gasteiger partial charge in [-0.25, -0.2) is 0 Å². The molecule has 0 aromatic carbocycles. The van der Waals surface area contributed by atoms with Crippen molar-refractivity contribution < 1.29 is 65.2 Å². The van der Waals surface area contributed by atoms with Crippen molar-refractivity contribution in [3.8, 4) is 0 Å². The van der Waals surface area contributed by atoms with Gasteiger partial charge < -0.3 is 19.3 Å². The average molecular weight is 565 g/mol. The van der Waals surface area contributed by atoms with Crippen LogP contribution in [0, 0.1) is 40.4 Å². The van der Waals surface area contributed by atoms with Crippen molar-refractivity contribution in [2.45, 2.75) is 109 Å². The van der Waals surface area contributed by atoms with E-state index in [2.05, 4.69) is 4.74 Å². The van der Waals surface area contributed by atoms with Crippen molar-refractivity contribution in [1.82, 2.24) is 0 Å². The number of fused-ring (bicyclic) bond motifs is 7. The van der Waals surface area contributed by atoms with E-state index in [1.165, 1.54) is 13.8 Å². The molecular weight excluding hydrogens is 496 g/mol. The third-order valence-corrected chi connectivity index (χ3v) is 9.24. The van der Waals surface area contributed by atoms with Crippen LogP contribution in [0.4, 0.5) is 0 Å². The molecule has 214 valence electrons. The van der Waals surface area contributed by atoms with Crippen molar-refractivity contribution in [3.63, 3.8) is 0 Å². The lowest BCUT2D eigenvalue weighted by atomic mass is 9.46. The molecule has 10 atom stereocenters. The number of aliphatic hydroxyl groups excluding tert-OH is 1. The lowest BCUT2D eigenvalue weighted by molar-refractivity contribution is -0.210. The monoisotopic (exact) mass is 564 g/mol. The van der Waals surface area contributed by atoms with E-state index in [1.807, 2.05) is 0 Å². The summed E-state index contributed by atoms with van der Waals surface area (Å²) in [5.41, 5.74) is -7.63. The molecule has 6 rings (SSSR count). The van der Waals surface area contributed by atoms with Crippen molar-refractivity contribution in [2.24, 2.45) is 40.4 Å². The molecule has 0 bridgehead atoms. The quantitative estimate of drug-likeness (QED) is 0.467. The van der Waals surface area contributed by atoms with Gasteiger partial charge in [0.15, 0.2) is 24.2 Å². The number of rotatable bonds is 6. The van der Waals surface area contributed by atoms with Gasteiger partial charge in [0.1, 0.15) is 0 Å². The Hall–Kier alpha value is -1.83. The zero-order chi connectivity index (χ0) is 48.7. The fraction of sp³-hybridized carbons (Fsp3) is 0.781. The normalized spacial score (nSPS) is 67.7. The number of carbonyl (C=O) groups excluding carboxylic acids is 3. The van der Waals surface area contributed by atoms with E-state index in [4.69, 9.17) is 44.8 Å². The number of aliphatic hydroxyl groups is 1. The molecule has 7 nitrogen and oxygen atoms in total. The number of hydrogen-bond donors (Lipinski definition) is 1. The second-order valence-electron chi connectivity index (χ2n) is 11.1. The molecule has 1 aliphatic heterocycles. The van der Waals surface area contributed by atoms with Gasteiger partial charge in [0.25, 0.3) is 0 Å². The molecule has 0 aromatic rings. The summed E-state index contributed by atoms with van der Waals surface area (Å²) < 4.78 is 219. The highest BCUT2D eigenvalue weighted by Crippen LogP contribution is 2.70. The molecule has 0 aromatic heterocycles. The number of allylic oxidation sites excluding steroid dienone is 4. The molecule has 5 fully saturated rings. The van der Waals surface area contributed by atoms with Gasteiger partial charge in [0, 0.05) is 47.3 Å². The minimum absolute atomic E-state index is 0.353. The van der Waals surface area contributed by atoms with Crippen LogP contribution >= 0.6 is 0 Å². The number of hydrogen-bond acceptors (Lipinski definition) is 7. The molecule has 0 spiro atoms. The second-order valence-corrected chi connectivity index (χ2v) is 11.1. The van der Waals surface area contributed by atoms with E-state index >= 15 is 4.79 Å². The summed E-state index contributed by atoms with van der Waals surface area (Å²) in [5.74, 6) is -17.5. The van der Waals surface area contributed by atoms with Crippen LogP contribution in [0.3, 0.4) is 0 Å². The number of ketones is 2. The molecule has 1 N–H and O–H groups in total. The van der Waals surface area contributed by atoms with Gasteiger partial charge in [0.2, 0.25) is 7.21 Å². The highest BCUT2D eigenvalue weighted by atomic mass is 16.7. The van der Waals surface area contributed by atoms with Crippen LogP contribution in [-0.2, 0) is 28.6 Å². The standard InChI is InChI=1S/C32H44O7/c1-18(2)28(36)37-17-25(35)32-26(38-29(39-32)19-8-6-5-7-9-19)15-23-22-11-10-20-14-21(33)12-13-30(20,3)27(22)24(34)16-31(23,32)4/h12-14,18-19,22-24,26-27,29,34H,5-11,15-17H2,1-4H3/t22-,23-,24-,26+,27+,29+,30-,31-,32+/m0/s1/i1D3,2D3,5D2,6D2,7D2,8D2,10D2,12D,14D,17D2,18D,19D,29D,34D/t19?,22-,23-,24-,26+,27+,29+,30-,31-,32+. The fourth-order valence-electron chi connectivity index (χ4n) is 7.58. The first-order chi connectivity index (χ1) is 27.9. The predicted octanol–water partition coefficient (Wildman–Crippen LogP) is 4.70. The van der Waals surface area contributed by atoms with E-state index in [-0.39, 0.29) is 5.57 Å². The highest BCUT2D eigenvalue weighted by Gasteiger charge is 2.76. The van der Waals surface area contributed by atoms with Crippen LogP contribution in [0.1, 0.15) is 117 Å². The topological polar surface area (TPSA) is 99.1 Å². The van der Waals surface area contributed by atoms with Crippen molar-refractivity contribution in [1.29, 1.82) is 1.43 Å². The summed E-state index contributed by atoms with van der Waals surface area (Å²) in [6, 6.07) is -1.52. The minimum Gasteiger partial charge on any atom is -0.457 e. The minimum atomic E-state index is -4.31. The van der Waals surface area contributed by atoms with E-state index < -0.39 is 172 Å². The van der Waals surface area contributed by atoms with Crippen LogP contribution in [0.25, 0.3) is 0 Å². The van der Waals surface area contributed by atoms with Gasteiger partial charge in [-0.3, -0.25) is 14.4 Å². The Labute approximate surface area is 265 Å². The van der Waals surface area contributed by atoms with Crippen LogP contribution < -0.4 is 0 Å². The fourth-order valence-corrected chi connectivity index (χ4v) is 7.58. The van der Waals surface area contributed by atoms with E-state index in [0.29, 0.717) is 0 Å². The van der Waals surface area contributed by atoms with Gasteiger partial charge in [-0.1, -0.05) is 58.3 Å². The molecule has 5 aliphatic carbocycles. The lowest BCUT2D eigenvalue weighted by Gasteiger charge is -2.59. The van der Waals surface area contributed by atoms with Crippen molar-refractivity contribution in [3.05, 3.63) is 23.8 Å². The van der Waals surface area contributed by atoms with Crippen LogP contribution in [0.5, 0.6) is 0 Å². The summed E-state index contributed by atoms with van der Waals surface area (Å²) in [6.45, 7) is -9.87. The number of esters is 1. The number of ether oxygens (including phenoxy) is 3. The first kappa shape index (κ1) is 11.1. The van der Waals surface area contributed by atoms with Crippen LogP contribution in [0.2, 0.25) is 0 Å². The third kappa shape index (κ3) is 3.97. The Balaban J connectivity index is 1.59. The third-order valence-electron chi connectivity index (χ3n) is 9.24. The summed E-state index contributed by atoms with van der Waals surface area (Å²) in [6.07, 6.45) is -28.0. The SMILES string of the molecule is [2H]O[C@H]1C[C@@]2(C)[C@@H](C[C@H]3O[C@@]([2H])(C4([2H])CC([2H])([2H])C([2H])([2H])C([2H])([2H])C4([2H])[2H])O[C@]32C(=O)C([2H])([2H])OC(=O)C([2H])(C([2H])([2H])[2H])C([2H])([2H])[2H])[C@@H]2CC([2H])([2H])C3=C([2H])C(=O)C([2H])=C[C@]3(C)[C@H]21. The maximum absolute atomic E-state index is 15.3. The van der Waals surface area contributed by atoms with E-state index in [9.17, 15) is 12.3 Å². The number of carbonyl (C=O) groups is 3. The Bertz CT molecular complexity index is 2070. The first-order valence-electron chi connectivity index (χ1n) is 24.5. The molecule has 1 unspecified atom stereocenters. The molecule has 1 heterocycles. The molecule has 0 radical (unpaired) electrons. The largest absolute Gasteiger partial charge is 0.457 e. The summed E-state index contributed by atoms with van der Waals surface area (Å²) in [7, 11) is 0. The Morgan fingerprint density at radius 3 is 3.03 bits per heavy atom. The van der Waals surface area contributed by atoms with Crippen molar-refractivity contribution >= 4 is 17.5 Å². The molecule has 7 heteroatoms. The second kappa shape index (κ2) is 9.63. The highest BCUT2D eigenvalue weighted by molar-refractivity contribution is 6.01. The summed E-state index contributed by atoms with van der Waals surface area (Å²) >= 11 is 0. The molecule has 1 saturated heterocycles. The smallest absolute Gasteiger partial charge is 0.308 e. The summed E-state index contributed by atoms with van der Waals surface area (Å²) in [4.78, 5) is 41.6. The van der Waals surface area contributed by atoms with Gasteiger partial charge in [-0.15, -0.1) is 0 Å². The predicted molar refractivity (Wildman–Crippen MR) is 143 cm³/mol. The molecule has 6 aliphatic rings. The van der Waals surface area contributed by atoms with Crippen LogP contribution in [-0.4, -0.2) is 54.7 Å². The maximum atomic E-state index is 15.3. The average Bonchev–Trinajstić information content (AvgIpc) is 3.54. The molecule has 39 heavy (non-hydrogen) atoms. The first-order valence-corrected chi connectivity index (χ1v) is 12.6. The summed E-state index contributed by atoms with van der Waals surface area (Å²) in [5, 5.41) is 5.20. The van der Waals surface area contributed by atoms with Crippen molar-refractivity contribution in [2.75, 3.05) is 6.56 Å². The van der Waals surface area contributed by atoms with Gasteiger partial charge >= 0.3 is 5.97 Å².